The number of anilines is 1. The van der Waals surface area contributed by atoms with E-state index in [1.807, 2.05) is 44.2 Å². The van der Waals surface area contributed by atoms with E-state index in [1.165, 1.54) is 20.8 Å². The zero-order valence-corrected chi connectivity index (χ0v) is 25.8. The number of hydrogen-bond donors (Lipinski definition) is 0. The van der Waals surface area contributed by atoms with Gasteiger partial charge in [0.1, 0.15) is 0 Å². The maximum atomic E-state index is 13.6. The van der Waals surface area contributed by atoms with Crippen molar-refractivity contribution in [2.45, 2.75) is 58.4 Å². The molecule has 0 saturated heterocycles. The summed E-state index contributed by atoms with van der Waals surface area (Å²) in [5.41, 5.74) is 8.97. The fourth-order valence-corrected chi connectivity index (χ4v) is 7.28. The predicted octanol–water partition coefficient (Wildman–Crippen LogP) is 6.96. The van der Waals surface area contributed by atoms with Crippen LogP contribution in [0.25, 0.3) is 22.3 Å². The number of ether oxygens (including phenoxy) is 1. The largest absolute Gasteiger partial charge is 0.481 e. The van der Waals surface area contributed by atoms with Gasteiger partial charge in [-0.15, -0.1) is 0 Å². The molecule has 42 heavy (non-hydrogen) atoms. The van der Waals surface area contributed by atoms with E-state index in [2.05, 4.69) is 43.9 Å². The fraction of sp³-hybridized carbons (Fsp3) is 0.294. The van der Waals surface area contributed by atoms with Crippen LogP contribution in [0.3, 0.4) is 0 Å². The Morgan fingerprint density at radius 1 is 0.929 bits per heavy atom. The molecule has 0 saturated carbocycles. The van der Waals surface area contributed by atoms with Crippen LogP contribution in [0, 0.1) is 20.8 Å². The standard InChI is InChI=1S/C34H36N4O3S/c1-21(2)25-13-12-23(4)31(18-25)37-17-16-29-28(20-37)34(41-6)36-33(35-29)27-8-7-9-30-32(27)24(5)19-38(30)42(39,40)26-14-10-22(3)11-15-26/h7-15,18-19,21H,16-17,20H2,1-6H3. The number of rotatable bonds is 6. The summed E-state index contributed by atoms with van der Waals surface area (Å²) in [4.78, 5) is 12.6. The molecule has 2 aromatic heterocycles. The second kappa shape index (κ2) is 10.6. The van der Waals surface area contributed by atoms with Crippen molar-refractivity contribution in [1.29, 1.82) is 0 Å². The summed E-state index contributed by atoms with van der Waals surface area (Å²) >= 11 is 0. The number of fused-ring (bicyclic) bond motifs is 2. The SMILES string of the molecule is COc1nc(-c2cccc3c2c(C)cn3S(=O)(=O)c2ccc(C)cc2)nc2c1CN(c1cc(C(C)C)ccc1C)CC2. The highest BCUT2D eigenvalue weighted by atomic mass is 32.2. The van der Waals surface area contributed by atoms with Gasteiger partial charge in [-0.3, -0.25) is 0 Å². The third-order valence-electron chi connectivity index (χ3n) is 8.26. The van der Waals surface area contributed by atoms with E-state index < -0.39 is 10.0 Å². The van der Waals surface area contributed by atoms with Gasteiger partial charge in [0.2, 0.25) is 5.88 Å². The molecule has 1 aliphatic heterocycles. The number of nitrogens with zero attached hydrogens (tertiary/aromatic N) is 4. The number of hydrogen-bond acceptors (Lipinski definition) is 6. The first-order chi connectivity index (χ1) is 20.1. The van der Waals surface area contributed by atoms with Gasteiger partial charge < -0.3 is 9.64 Å². The second-order valence-electron chi connectivity index (χ2n) is 11.5. The number of benzene rings is 3. The molecule has 0 atom stereocenters. The number of aryl methyl sites for hydroxylation is 3. The summed E-state index contributed by atoms with van der Waals surface area (Å²) in [6.07, 6.45) is 2.44. The third-order valence-corrected chi connectivity index (χ3v) is 9.95. The molecule has 0 bridgehead atoms. The average Bonchev–Trinajstić information content (AvgIpc) is 3.34. The summed E-state index contributed by atoms with van der Waals surface area (Å²) in [5, 5.41) is 0.814. The fourth-order valence-electron chi connectivity index (χ4n) is 5.86. The van der Waals surface area contributed by atoms with Crippen LogP contribution in [-0.4, -0.2) is 36.0 Å². The molecule has 6 rings (SSSR count). The lowest BCUT2D eigenvalue weighted by Gasteiger charge is -2.32. The Hall–Kier alpha value is -4.17. The summed E-state index contributed by atoms with van der Waals surface area (Å²) < 4.78 is 34.5. The Kier molecular flexibility index (Phi) is 7.05. The van der Waals surface area contributed by atoms with Crippen molar-refractivity contribution in [3.63, 3.8) is 0 Å². The Balaban J connectivity index is 1.42. The molecule has 7 nitrogen and oxygen atoms in total. The third kappa shape index (κ3) is 4.73. The van der Waals surface area contributed by atoms with Gasteiger partial charge in [-0.25, -0.2) is 17.4 Å². The van der Waals surface area contributed by atoms with Crippen LogP contribution in [0.4, 0.5) is 5.69 Å². The van der Waals surface area contributed by atoms with Crippen LogP contribution >= 0.6 is 0 Å². The van der Waals surface area contributed by atoms with Gasteiger partial charge in [-0.05, 0) is 67.6 Å². The number of aromatic nitrogens is 3. The summed E-state index contributed by atoms with van der Waals surface area (Å²) in [5.74, 6) is 1.55. The summed E-state index contributed by atoms with van der Waals surface area (Å²) in [7, 11) is -2.14. The molecule has 0 N–H and O–H groups in total. The van der Waals surface area contributed by atoms with Crippen LogP contribution in [-0.2, 0) is 23.0 Å². The highest BCUT2D eigenvalue weighted by Gasteiger charge is 2.27. The zero-order valence-electron chi connectivity index (χ0n) is 25.0. The summed E-state index contributed by atoms with van der Waals surface area (Å²) in [6, 6.07) is 19.3. The Morgan fingerprint density at radius 2 is 1.69 bits per heavy atom. The van der Waals surface area contributed by atoms with Crippen molar-refractivity contribution < 1.29 is 13.2 Å². The molecular formula is C34H36N4O3S. The molecule has 0 aliphatic carbocycles. The van der Waals surface area contributed by atoms with Gasteiger partial charge in [0, 0.05) is 35.8 Å². The maximum absolute atomic E-state index is 13.6. The van der Waals surface area contributed by atoms with Crippen LogP contribution in [0.2, 0.25) is 0 Å². The molecule has 3 heterocycles. The van der Waals surface area contributed by atoms with Crippen LogP contribution < -0.4 is 9.64 Å². The van der Waals surface area contributed by atoms with Crippen molar-refractivity contribution in [3.05, 3.63) is 100 Å². The van der Waals surface area contributed by atoms with Crippen molar-refractivity contribution in [2.75, 3.05) is 18.6 Å². The minimum atomic E-state index is -3.79. The lowest BCUT2D eigenvalue weighted by atomic mass is 9.98. The van der Waals surface area contributed by atoms with Gasteiger partial charge in [0.15, 0.2) is 5.82 Å². The quantitative estimate of drug-likeness (QED) is 0.216. The lowest BCUT2D eigenvalue weighted by molar-refractivity contribution is 0.388. The Labute approximate surface area is 247 Å². The van der Waals surface area contributed by atoms with Crippen molar-refractivity contribution >= 4 is 26.6 Å². The van der Waals surface area contributed by atoms with E-state index in [-0.39, 0.29) is 4.90 Å². The molecule has 3 aromatic carbocycles. The van der Waals surface area contributed by atoms with Gasteiger partial charge in [0.25, 0.3) is 10.0 Å². The minimum Gasteiger partial charge on any atom is -0.481 e. The second-order valence-corrected chi connectivity index (χ2v) is 13.3. The first kappa shape index (κ1) is 28.0. The van der Waals surface area contributed by atoms with Crippen LogP contribution in [0.5, 0.6) is 5.88 Å². The maximum Gasteiger partial charge on any atom is 0.268 e. The summed E-state index contributed by atoms with van der Waals surface area (Å²) in [6.45, 7) is 11.9. The minimum absolute atomic E-state index is 0.251. The monoisotopic (exact) mass is 580 g/mol. The lowest BCUT2D eigenvalue weighted by Crippen LogP contribution is -2.32. The first-order valence-electron chi connectivity index (χ1n) is 14.3. The normalized spacial score (nSPS) is 13.5. The first-order valence-corrected chi connectivity index (χ1v) is 15.7. The smallest absolute Gasteiger partial charge is 0.268 e. The van der Waals surface area contributed by atoms with E-state index in [0.717, 1.165) is 46.3 Å². The molecule has 0 spiro atoms. The van der Waals surface area contributed by atoms with Crippen molar-refractivity contribution in [3.8, 4) is 17.3 Å². The van der Waals surface area contributed by atoms with Gasteiger partial charge in [0.05, 0.1) is 35.3 Å². The Morgan fingerprint density at radius 3 is 2.40 bits per heavy atom. The van der Waals surface area contributed by atoms with Gasteiger partial charge >= 0.3 is 0 Å². The zero-order chi connectivity index (χ0) is 29.8. The van der Waals surface area contributed by atoms with Crippen LogP contribution in [0.15, 0.2) is 71.8 Å². The van der Waals surface area contributed by atoms with Crippen molar-refractivity contribution in [1.82, 2.24) is 13.9 Å². The molecule has 5 aromatic rings. The molecule has 8 heteroatoms. The van der Waals surface area contributed by atoms with Gasteiger partial charge in [-0.2, -0.15) is 4.98 Å². The molecular weight excluding hydrogens is 544 g/mol. The van der Waals surface area contributed by atoms with E-state index >= 15 is 0 Å². The molecule has 1 aliphatic rings. The van der Waals surface area contributed by atoms with E-state index in [1.54, 1.807) is 25.4 Å². The number of methoxy groups -OCH3 is 1. The molecule has 0 fully saturated rings. The molecule has 0 amide bonds. The molecule has 216 valence electrons. The van der Waals surface area contributed by atoms with E-state index in [4.69, 9.17) is 14.7 Å². The van der Waals surface area contributed by atoms with E-state index in [9.17, 15) is 8.42 Å². The molecule has 0 radical (unpaired) electrons. The van der Waals surface area contributed by atoms with Crippen LogP contribution in [0.1, 0.15) is 53.3 Å². The van der Waals surface area contributed by atoms with E-state index in [0.29, 0.717) is 29.7 Å². The average molecular weight is 581 g/mol. The predicted molar refractivity (Wildman–Crippen MR) is 168 cm³/mol. The van der Waals surface area contributed by atoms with Crippen molar-refractivity contribution in [2.24, 2.45) is 0 Å². The van der Waals surface area contributed by atoms with Gasteiger partial charge in [-0.1, -0.05) is 55.8 Å². The molecule has 0 unspecified atom stereocenters. The highest BCUT2D eigenvalue weighted by molar-refractivity contribution is 7.90. The topological polar surface area (TPSA) is 77.3 Å². The Bertz CT molecular complexity index is 1910. The highest BCUT2D eigenvalue weighted by Crippen LogP contribution is 2.37.